The van der Waals surface area contributed by atoms with Crippen molar-refractivity contribution >= 4 is 12.0 Å². The van der Waals surface area contributed by atoms with Crippen molar-refractivity contribution in [3.63, 3.8) is 0 Å². The van der Waals surface area contributed by atoms with Gasteiger partial charge in [0.2, 0.25) is 5.91 Å². The van der Waals surface area contributed by atoms with E-state index in [1.807, 2.05) is 6.92 Å². The van der Waals surface area contributed by atoms with Crippen LogP contribution in [0.15, 0.2) is 0 Å². The Morgan fingerprint density at radius 2 is 2.28 bits per heavy atom. The Bertz CT molecular complexity index is 278. The second kappa shape index (κ2) is 8.05. The van der Waals surface area contributed by atoms with Crippen LogP contribution in [0.3, 0.4) is 0 Å². The minimum absolute atomic E-state index is 0.238. The van der Waals surface area contributed by atoms with Crippen molar-refractivity contribution in [2.24, 2.45) is 5.92 Å². The highest BCUT2D eigenvalue weighted by Crippen LogP contribution is 2.11. The van der Waals surface area contributed by atoms with E-state index in [4.69, 9.17) is 0 Å². The largest absolute Gasteiger partial charge is 0.453 e. The summed E-state index contributed by atoms with van der Waals surface area (Å²) in [5, 5.41) is 5.53. The molecule has 2 amide bonds. The summed E-state index contributed by atoms with van der Waals surface area (Å²) in [5.41, 5.74) is 0. The summed E-state index contributed by atoms with van der Waals surface area (Å²) >= 11 is 0. The Hall–Kier alpha value is -1.14. The van der Waals surface area contributed by atoms with Gasteiger partial charge in [0.25, 0.3) is 0 Å². The molecule has 1 rings (SSSR count). The Morgan fingerprint density at radius 1 is 1.50 bits per heavy atom. The van der Waals surface area contributed by atoms with Crippen LogP contribution in [0.2, 0.25) is 0 Å². The van der Waals surface area contributed by atoms with E-state index < -0.39 is 6.09 Å². The highest BCUT2D eigenvalue weighted by atomic mass is 16.5. The highest BCUT2D eigenvalue weighted by molar-refractivity contribution is 5.92. The van der Waals surface area contributed by atoms with Gasteiger partial charge in [0.05, 0.1) is 13.7 Å². The van der Waals surface area contributed by atoms with Crippen LogP contribution < -0.4 is 10.6 Å². The summed E-state index contributed by atoms with van der Waals surface area (Å²) < 4.78 is 4.39. The van der Waals surface area contributed by atoms with Gasteiger partial charge < -0.3 is 10.1 Å². The van der Waals surface area contributed by atoms with Crippen LogP contribution in [0.1, 0.15) is 19.8 Å². The lowest BCUT2D eigenvalue weighted by molar-refractivity contribution is -0.121. The minimum atomic E-state index is -0.699. The molecule has 0 aromatic carbocycles. The number of carbonyl (C=O) groups is 2. The summed E-state index contributed by atoms with van der Waals surface area (Å²) in [6.07, 6.45) is 1.69. The SMILES string of the molecule is CCN(CC(=O)NC(=O)OC)CC1CCCNC1. The number of amides is 2. The lowest BCUT2D eigenvalue weighted by atomic mass is 9.99. The number of hydrogen-bond acceptors (Lipinski definition) is 5. The Kier molecular flexibility index (Phi) is 6.67. The highest BCUT2D eigenvalue weighted by Gasteiger charge is 2.18. The van der Waals surface area contributed by atoms with Crippen molar-refractivity contribution in [1.82, 2.24) is 15.5 Å². The van der Waals surface area contributed by atoms with Crippen LogP contribution in [0.25, 0.3) is 0 Å². The van der Waals surface area contributed by atoms with Crippen molar-refractivity contribution in [1.29, 1.82) is 0 Å². The van der Waals surface area contributed by atoms with Gasteiger partial charge in [0.15, 0.2) is 0 Å². The van der Waals surface area contributed by atoms with E-state index in [0.717, 1.165) is 26.2 Å². The Labute approximate surface area is 108 Å². The van der Waals surface area contributed by atoms with Crippen molar-refractivity contribution in [3.8, 4) is 0 Å². The van der Waals surface area contributed by atoms with Gasteiger partial charge in [-0.3, -0.25) is 15.0 Å². The smallest absolute Gasteiger partial charge is 0.413 e. The first kappa shape index (κ1) is 14.9. The molecule has 0 saturated carbocycles. The van der Waals surface area contributed by atoms with Gasteiger partial charge in [-0.25, -0.2) is 4.79 Å². The van der Waals surface area contributed by atoms with E-state index in [9.17, 15) is 9.59 Å². The monoisotopic (exact) mass is 257 g/mol. The number of rotatable bonds is 5. The number of piperidine rings is 1. The third-order valence-corrected chi connectivity index (χ3v) is 3.16. The fraction of sp³-hybridized carbons (Fsp3) is 0.833. The molecule has 1 unspecified atom stereocenters. The maximum absolute atomic E-state index is 11.6. The second-order valence-corrected chi connectivity index (χ2v) is 4.58. The third kappa shape index (κ3) is 5.46. The molecule has 104 valence electrons. The van der Waals surface area contributed by atoms with E-state index in [1.165, 1.54) is 20.0 Å². The first-order valence-corrected chi connectivity index (χ1v) is 6.46. The summed E-state index contributed by atoms with van der Waals surface area (Å²) in [5.74, 6) is 0.275. The fourth-order valence-corrected chi connectivity index (χ4v) is 2.16. The molecule has 0 aliphatic carbocycles. The van der Waals surface area contributed by atoms with E-state index in [2.05, 4.69) is 20.3 Å². The molecule has 1 aliphatic rings. The molecule has 1 heterocycles. The van der Waals surface area contributed by atoms with Crippen LogP contribution in [0, 0.1) is 5.92 Å². The van der Waals surface area contributed by atoms with Crippen LogP contribution in [0.4, 0.5) is 4.79 Å². The van der Waals surface area contributed by atoms with Crippen LogP contribution in [-0.2, 0) is 9.53 Å². The van der Waals surface area contributed by atoms with Crippen molar-refractivity contribution in [3.05, 3.63) is 0 Å². The predicted molar refractivity (Wildman–Crippen MR) is 68.3 cm³/mol. The van der Waals surface area contributed by atoms with Gasteiger partial charge in [-0.2, -0.15) is 0 Å². The molecular formula is C12H23N3O3. The zero-order valence-electron chi connectivity index (χ0n) is 11.2. The fourth-order valence-electron chi connectivity index (χ4n) is 2.16. The summed E-state index contributed by atoms with van der Waals surface area (Å²) in [4.78, 5) is 24.5. The number of hydrogen-bond donors (Lipinski definition) is 2. The standard InChI is InChI=1S/C12H23N3O3/c1-3-15(8-10-5-4-6-13-7-10)9-11(16)14-12(17)18-2/h10,13H,3-9H2,1-2H3,(H,14,16,17). The Balaban J connectivity index is 2.31. The first-order valence-electron chi connectivity index (χ1n) is 6.46. The van der Waals surface area contributed by atoms with Gasteiger partial charge in [-0.15, -0.1) is 0 Å². The van der Waals surface area contributed by atoms with Crippen molar-refractivity contribution in [2.45, 2.75) is 19.8 Å². The summed E-state index contributed by atoms with van der Waals surface area (Å²) in [6.45, 7) is 6.04. The molecule has 0 aromatic heterocycles. The number of nitrogens with one attached hydrogen (secondary N) is 2. The van der Waals surface area contributed by atoms with E-state index in [-0.39, 0.29) is 12.5 Å². The first-order chi connectivity index (χ1) is 8.65. The molecule has 1 aliphatic heterocycles. The van der Waals surface area contributed by atoms with Crippen LogP contribution in [0.5, 0.6) is 0 Å². The average molecular weight is 257 g/mol. The minimum Gasteiger partial charge on any atom is -0.453 e. The summed E-state index contributed by atoms with van der Waals surface area (Å²) in [7, 11) is 1.24. The molecule has 0 bridgehead atoms. The van der Waals surface area contributed by atoms with Gasteiger partial charge in [-0.1, -0.05) is 6.92 Å². The quantitative estimate of drug-likeness (QED) is 0.736. The summed E-state index contributed by atoms with van der Waals surface area (Å²) in [6, 6.07) is 0. The molecule has 18 heavy (non-hydrogen) atoms. The zero-order chi connectivity index (χ0) is 13.4. The molecule has 1 saturated heterocycles. The molecule has 1 atom stereocenters. The number of carbonyl (C=O) groups excluding carboxylic acids is 2. The van der Waals surface area contributed by atoms with Crippen LogP contribution >= 0.6 is 0 Å². The lowest BCUT2D eigenvalue weighted by Gasteiger charge is -2.28. The van der Waals surface area contributed by atoms with Crippen molar-refractivity contribution < 1.29 is 14.3 Å². The van der Waals surface area contributed by atoms with Gasteiger partial charge >= 0.3 is 6.09 Å². The molecule has 0 aromatic rings. The Morgan fingerprint density at radius 3 is 2.83 bits per heavy atom. The number of ether oxygens (including phenoxy) is 1. The van der Waals surface area contributed by atoms with E-state index in [0.29, 0.717) is 5.92 Å². The normalized spacial score (nSPS) is 19.6. The lowest BCUT2D eigenvalue weighted by Crippen LogP contribution is -2.44. The van der Waals surface area contributed by atoms with Gasteiger partial charge in [0.1, 0.15) is 0 Å². The van der Waals surface area contributed by atoms with Crippen molar-refractivity contribution in [2.75, 3.05) is 39.8 Å². The van der Waals surface area contributed by atoms with E-state index >= 15 is 0 Å². The zero-order valence-corrected chi connectivity index (χ0v) is 11.2. The van der Waals surface area contributed by atoms with E-state index in [1.54, 1.807) is 0 Å². The average Bonchev–Trinajstić information content (AvgIpc) is 2.38. The topological polar surface area (TPSA) is 70.7 Å². The molecule has 0 spiro atoms. The van der Waals surface area contributed by atoms with Crippen LogP contribution in [-0.4, -0.2) is 56.7 Å². The third-order valence-electron chi connectivity index (χ3n) is 3.16. The molecular weight excluding hydrogens is 234 g/mol. The molecule has 2 N–H and O–H groups in total. The number of imide groups is 1. The maximum Gasteiger partial charge on any atom is 0.413 e. The molecule has 6 nitrogen and oxygen atoms in total. The molecule has 6 heteroatoms. The molecule has 0 radical (unpaired) electrons. The number of alkyl carbamates (subject to hydrolysis) is 1. The molecule has 1 fully saturated rings. The van der Waals surface area contributed by atoms with Gasteiger partial charge in [-0.05, 0) is 38.4 Å². The number of methoxy groups -OCH3 is 1. The second-order valence-electron chi connectivity index (χ2n) is 4.58. The predicted octanol–water partition coefficient (Wildman–Crippen LogP) is 0.191. The maximum atomic E-state index is 11.6. The number of likely N-dealkylation sites (N-methyl/N-ethyl adjacent to an activating group) is 1. The number of nitrogens with zero attached hydrogens (tertiary/aromatic N) is 1. The van der Waals surface area contributed by atoms with Gasteiger partial charge in [0, 0.05) is 6.54 Å².